The van der Waals surface area contributed by atoms with Crippen LogP contribution in [-0.4, -0.2) is 86.9 Å². The highest BCUT2D eigenvalue weighted by Gasteiger charge is 2.34. The Hall–Kier alpha value is -3.66. The van der Waals surface area contributed by atoms with Crippen molar-refractivity contribution >= 4 is 38.4 Å². The molecule has 3 aromatic rings. The Morgan fingerprint density at radius 1 is 1.20 bits per heavy atom. The van der Waals surface area contributed by atoms with Crippen molar-refractivity contribution < 1.29 is 18.8 Å². The predicted molar refractivity (Wildman–Crippen MR) is 161 cm³/mol. The van der Waals surface area contributed by atoms with E-state index in [1.165, 1.54) is 17.2 Å². The molecule has 1 aliphatic carbocycles. The lowest BCUT2D eigenvalue weighted by Crippen LogP contribution is -2.34. The molecular weight excluding hydrogens is 546 g/mol. The zero-order chi connectivity index (χ0) is 30.1. The molecule has 1 fully saturated rings. The van der Waals surface area contributed by atoms with Crippen molar-refractivity contribution in [2.24, 2.45) is 0 Å². The summed E-state index contributed by atoms with van der Waals surface area (Å²) in [5.74, 6) is -0.103. The van der Waals surface area contributed by atoms with Gasteiger partial charge in [-0.05, 0) is 51.1 Å². The summed E-state index contributed by atoms with van der Waals surface area (Å²) in [5, 5.41) is 4.68. The van der Waals surface area contributed by atoms with E-state index in [4.69, 9.17) is 0 Å². The monoisotopic (exact) mass is 586 g/mol. The lowest BCUT2D eigenvalue weighted by atomic mass is 10.2. The maximum Gasteiger partial charge on any atom is 0.274 e. The smallest absolute Gasteiger partial charge is 0.274 e. The molecule has 0 aliphatic heterocycles. The summed E-state index contributed by atoms with van der Waals surface area (Å²) in [6, 6.07) is 4.49. The summed E-state index contributed by atoms with van der Waals surface area (Å²) in [6.07, 6.45) is 5.25. The second kappa shape index (κ2) is 14.8. The number of nitrogens with one attached hydrogen (secondary N) is 1. The van der Waals surface area contributed by atoms with Gasteiger partial charge in [0.2, 0.25) is 12.4 Å². The van der Waals surface area contributed by atoms with E-state index in [1.807, 2.05) is 27.7 Å². The van der Waals surface area contributed by atoms with Crippen molar-refractivity contribution in [3.05, 3.63) is 41.6 Å². The molecule has 0 saturated heterocycles. The number of anilines is 2. The first-order valence-electron chi connectivity index (χ1n) is 14.1. The van der Waals surface area contributed by atoms with E-state index in [0.717, 1.165) is 25.1 Å². The Kier molecular flexibility index (Phi) is 11.5. The number of carbonyl (C=O) groups is 3. The molecule has 222 valence electrons. The molecule has 1 aliphatic rings. The summed E-state index contributed by atoms with van der Waals surface area (Å²) in [7, 11) is 2.37. The van der Waals surface area contributed by atoms with Crippen LogP contribution in [0.2, 0.25) is 0 Å². The second-order valence-corrected chi connectivity index (χ2v) is 10.6. The average molecular weight is 587 g/mol. The summed E-state index contributed by atoms with van der Waals surface area (Å²) in [4.78, 5) is 54.8. The fourth-order valence-corrected chi connectivity index (χ4v) is 4.72. The Bertz CT molecular complexity index is 1320. The molecule has 3 heterocycles. The minimum absolute atomic E-state index is 0.179. The van der Waals surface area contributed by atoms with E-state index in [2.05, 4.69) is 26.7 Å². The first-order valence-corrected chi connectivity index (χ1v) is 15.8. The van der Waals surface area contributed by atoms with E-state index >= 15 is 0 Å². The van der Waals surface area contributed by atoms with Gasteiger partial charge in [-0.15, -0.1) is 8.58 Å². The highest BCUT2D eigenvalue weighted by Crippen LogP contribution is 2.31. The maximum absolute atomic E-state index is 13.5. The van der Waals surface area contributed by atoms with Crippen molar-refractivity contribution in [2.75, 3.05) is 42.8 Å². The normalized spacial score (nSPS) is 12.7. The number of rotatable bonds is 13. The number of halogens is 1. The van der Waals surface area contributed by atoms with Gasteiger partial charge in [-0.2, -0.15) is 9.49 Å². The number of hydrogen-bond acceptors (Lipinski definition) is 6. The van der Waals surface area contributed by atoms with Crippen LogP contribution in [0.3, 0.4) is 0 Å². The number of H-pyrrole nitrogens is 1. The Balaban J connectivity index is 0.00000226. The number of nitrogens with zero attached hydrogens (tertiary/aromatic N) is 7. The molecular formula is C28H40FN8O3P. The number of aryl methyl sites for hydroxylation is 1. The van der Waals surface area contributed by atoms with Gasteiger partial charge in [0.05, 0.1) is 5.56 Å². The van der Waals surface area contributed by atoms with Crippen molar-refractivity contribution in [1.29, 1.82) is 0 Å². The van der Waals surface area contributed by atoms with Crippen LogP contribution in [0.25, 0.3) is 11.5 Å². The standard InChI is InChI=1S/C26H34FN8O3P.C2H6/c1-5-11-33(16-36)24-22(26(38)32(3)18-8-9-18)29-23(30-24)19-14-21(35(6-2)31-19)34(12-13-39-4)25(37)17-7-10-20(27)28-15-17;1-2/h7,10,14-16,18,39H,5-6,8-9,11-13H2,1-4H3,(H,29,30);1-2H3. The Morgan fingerprint density at radius 3 is 2.49 bits per heavy atom. The number of carbonyl (C=O) groups excluding carboxylic acids is 3. The molecule has 0 aromatic carbocycles. The SMILES string of the molecule is CC.CCCN(C=O)c1nc(-c2cc(N(CCPC)C(=O)c3ccc(F)nc3)n(CC)n2)[nH]c1C(=O)N(C)C1CC1. The number of pyridine rings is 1. The lowest BCUT2D eigenvalue weighted by molar-refractivity contribution is -0.107. The minimum Gasteiger partial charge on any atom is -0.337 e. The molecule has 1 unspecified atom stereocenters. The van der Waals surface area contributed by atoms with E-state index in [-0.39, 0.29) is 34.9 Å². The largest absolute Gasteiger partial charge is 0.337 e. The number of aromatic amines is 1. The zero-order valence-electron chi connectivity index (χ0n) is 24.6. The summed E-state index contributed by atoms with van der Waals surface area (Å²) >= 11 is 0. The first-order chi connectivity index (χ1) is 19.8. The van der Waals surface area contributed by atoms with Gasteiger partial charge in [0, 0.05) is 45.0 Å². The van der Waals surface area contributed by atoms with Gasteiger partial charge in [0.1, 0.15) is 17.2 Å². The third-order valence-corrected chi connectivity index (χ3v) is 7.28. The first kappa shape index (κ1) is 31.9. The third kappa shape index (κ3) is 7.35. The van der Waals surface area contributed by atoms with Gasteiger partial charge >= 0.3 is 0 Å². The zero-order valence-corrected chi connectivity index (χ0v) is 25.6. The predicted octanol–water partition coefficient (Wildman–Crippen LogP) is 4.42. The fourth-order valence-electron chi connectivity index (χ4n) is 4.27. The van der Waals surface area contributed by atoms with Gasteiger partial charge in [-0.1, -0.05) is 20.8 Å². The molecule has 0 bridgehead atoms. The fraction of sp³-hybridized carbons (Fsp3) is 0.500. The number of aromatic nitrogens is 5. The number of amides is 3. The molecule has 1 saturated carbocycles. The molecule has 0 radical (unpaired) electrons. The maximum atomic E-state index is 13.5. The lowest BCUT2D eigenvalue weighted by Gasteiger charge is -2.23. The highest BCUT2D eigenvalue weighted by atomic mass is 31.1. The van der Waals surface area contributed by atoms with Crippen molar-refractivity contribution in [1.82, 2.24) is 29.6 Å². The van der Waals surface area contributed by atoms with Gasteiger partial charge < -0.3 is 9.88 Å². The van der Waals surface area contributed by atoms with Crippen molar-refractivity contribution in [3.63, 3.8) is 0 Å². The van der Waals surface area contributed by atoms with Gasteiger partial charge in [0.15, 0.2) is 11.6 Å². The molecule has 3 aromatic heterocycles. The van der Waals surface area contributed by atoms with Crippen LogP contribution in [0, 0.1) is 5.95 Å². The van der Waals surface area contributed by atoms with Crippen molar-refractivity contribution in [3.8, 4) is 11.5 Å². The van der Waals surface area contributed by atoms with Crippen LogP contribution in [0.5, 0.6) is 0 Å². The number of imidazole rings is 1. The molecule has 4 rings (SSSR count). The van der Waals surface area contributed by atoms with Crippen LogP contribution in [0.4, 0.5) is 16.0 Å². The van der Waals surface area contributed by atoms with E-state index in [1.54, 1.807) is 27.6 Å². The molecule has 1 atom stereocenters. The van der Waals surface area contributed by atoms with Crippen LogP contribution in [-0.2, 0) is 11.3 Å². The summed E-state index contributed by atoms with van der Waals surface area (Å²) < 4.78 is 15.1. The summed E-state index contributed by atoms with van der Waals surface area (Å²) in [6.45, 7) is 11.2. The van der Waals surface area contributed by atoms with Crippen LogP contribution in [0.15, 0.2) is 24.4 Å². The van der Waals surface area contributed by atoms with Crippen LogP contribution < -0.4 is 9.80 Å². The van der Waals surface area contributed by atoms with Gasteiger partial charge in [0.25, 0.3) is 11.8 Å². The van der Waals surface area contributed by atoms with Crippen LogP contribution >= 0.6 is 8.58 Å². The number of hydrogen-bond donors (Lipinski definition) is 1. The molecule has 0 spiro atoms. The average Bonchev–Trinajstić information content (AvgIpc) is 3.61. The summed E-state index contributed by atoms with van der Waals surface area (Å²) in [5.41, 5.74) is 0.918. The van der Waals surface area contributed by atoms with E-state index in [9.17, 15) is 18.8 Å². The van der Waals surface area contributed by atoms with Gasteiger partial charge in [-0.3, -0.25) is 24.2 Å². The van der Waals surface area contributed by atoms with Crippen molar-refractivity contribution in [2.45, 2.75) is 59.5 Å². The van der Waals surface area contributed by atoms with Crippen LogP contribution in [0.1, 0.15) is 67.8 Å². The Labute approximate surface area is 242 Å². The molecule has 1 N–H and O–H groups in total. The second-order valence-electron chi connectivity index (χ2n) is 9.36. The van der Waals surface area contributed by atoms with Gasteiger partial charge in [-0.25, -0.2) is 14.6 Å². The Morgan fingerprint density at radius 2 is 1.93 bits per heavy atom. The molecule has 41 heavy (non-hydrogen) atoms. The minimum atomic E-state index is -0.659. The van der Waals surface area contributed by atoms with E-state index < -0.39 is 5.95 Å². The van der Waals surface area contributed by atoms with E-state index in [0.29, 0.717) is 58.4 Å². The topological polar surface area (TPSA) is 120 Å². The highest BCUT2D eigenvalue weighted by molar-refractivity contribution is 7.37. The molecule has 3 amide bonds. The third-order valence-electron chi connectivity index (χ3n) is 6.56. The molecule has 11 nitrogen and oxygen atoms in total. The molecule has 13 heteroatoms. The quantitative estimate of drug-likeness (QED) is 0.180.